The zero-order valence-corrected chi connectivity index (χ0v) is 21.6. The first kappa shape index (κ1) is 23.8. The summed E-state index contributed by atoms with van der Waals surface area (Å²) in [6.07, 6.45) is 6.39. The minimum atomic E-state index is -1.92. The first-order valence-electron chi connectivity index (χ1n) is 11.3. The molecule has 0 aliphatic carbocycles. The van der Waals surface area contributed by atoms with Crippen LogP contribution >= 0.6 is 0 Å². The van der Waals surface area contributed by atoms with E-state index < -0.39 is 13.3 Å². The van der Waals surface area contributed by atoms with Gasteiger partial charge in [0.2, 0.25) is 0 Å². The predicted octanol–water partition coefficient (Wildman–Crippen LogP) is 6.61. The fourth-order valence-corrected chi connectivity index (χ4v) is 12.7. The molecule has 2 rings (SSSR count). The molecule has 0 N–H and O–H groups in total. The van der Waals surface area contributed by atoms with Crippen LogP contribution < -0.4 is 5.46 Å². The molecule has 1 heterocycles. The van der Waals surface area contributed by atoms with Gasteiger partial charge in [-0.2, -0.15) is 0 Å². The van der Waals surface area contributed by atoms with E-state index in [-0.39, 0.29) is 18.3 Å². The second-order valence-electron chi connectivity index (χ2n) is 9.37. The first-order valence-corrected chi connectivity index (χ1v) is 16.8. The number of allylic oxidation sites excluding steroid dienone is 1. The van der Waals surface area contributed by atoms with Crippen molar-refractivity contribution in [1.82, 2.24) is 0 Å². The Morgan fingerprint density at radius 3 is 1.82 bits per heavy atom. The molecule has 2 nitrogen and oxygen atoms in total. The van der Waals surface area contributed by atoms with Crippen LogP contribution in [0.1, 0.15) is 80.2 Å². The Kier molecular flexibility index (Phi) is 8.09. The van der Waals surface area contributed by atoms with Crippen molar-refractivity contribution < 1.29 is 9.31 Å². The van der Waals surface area contributed by atoms with Crippen molar-refractivity contribution in [2.45, 2.75) is 102 Å². The topological polar surface area (TPSA) is 18.5 Å². The van der Waals surface area contributed by atoms with Gasteiger partial charge in [-0.05, 0) is 0 Å². The van der Waals surface area contributed by atoms with Crippen molar-refractivity contribution in [3.8, 4) is 0 Å². The molecule has 0 amide bonds. The van der Waals surface area contributed by atoms with Crippen LogP contribution in [0.4, 0.5) is 0 Å². The molecule has 28 heavy (non-hydrogen) atoms. The first-order chi connectivity index (χ1) is 13.1. The van der Waals surface area contributed by atoms with E-state index >= 15 is 0 Å². The maximum absolute atomic E-state index is 6.20. The van der Waals surface area contributed by atoms with E-state index in [4.69, 9.17) is 9.31 Å². The zero-order chi connectivity index (χ0) is 21.0. The Labute approximate surface area is 177 Å². The van der Waals surface area contributed by atoms with Gasteiger partial charge in [-0.3, -0.25) is 0 Å². The molecule has 0 saturated carbocycles. The molecular weight excluding hydrogens is 404 g/mol. The number of benzene rings is 1. The monoisotopic (exact) mass is 446 g/mol. The fraction of sp³-hybridized carbons (Fsp3) is 0.667. The molecule has 1 saturated heterocycles. The summed E-state index contributed by atoms with van der Waals surface area (Å²) in [5.41, 5.74) is 1.86. The van der Waals surface area contributed by atoms with Gasteiger partial charge in [0.05, 0.1) is 0 Å². The zero-order valence-electron chi connectivity index (χ0n) is 19.5. The summed E-state index contributed by atoms with van der Waals surface area (Å²) in [6, 6.07) is 8.87. The third kappa shape index (κ3) is 4.96. The fourth-order valence-electron chi connectivity index (χ4n) is 4.22. The van der Waals surface area contributed by atoms with Crippen LogP contribution in [0.5, 0.6) is 0 Å². The number of unbranched alkanes of at least 4 members (excludes halogenated alkanes) is 1. The van der Waals surface area contributed by atoms with Gasteiger partial charge in [0, 0.05) is 0 Å². The molecule has 0 spiro atoms. The van der Waals surface area contributed by atoms with Gasteiger partial charge in [0.15, 0.2) is 0 Å². The van der Waals surface area contributed by atoms with Gasteiger partial charge in [-0.1, -0.05) is 0 Å². The van der Waals surface area contributed by atoms with Crippen LogP contribution in [0.25, 0.3) is 6.08 Å². The van der Waals surface area contributed by atoms with Crippen molar-refractivity contribution in [1.29, 1.82) is 0 Å². The van der Waals surface area contributed by atoms with Crippen molar-refractivity contribution in [2.24, 2.45) is 0 Å². The van der Waals surface area contributed by atoms with Crippen LogP contribution in [-0.2, 0) is 9.31 Å². The molecule has 0 radical (unpaired) electrons. The van der Waals surface area contributed by atoms with Crippen molar-refractivity contribution in [3.63, 3.8) is 0 Å². The maximum atomic E-state index is 6.20. The number of rotatable bonds is 9. The van der Waals surface area contributed by atoms with E-state index in [1.165, 1.54) is 40.6 Å². The molecule has 0 atom stereocenters. The Bertz CT molecular complexity index is 635. The standard InChI is InChI=1S/C24H41BGeO2/c1-9-13-14-22(26(10-2,11-3)12-4)19-20-15-17-21(18-16-20)25-27-23(5,6)24(7,8)28-25/h15-19H,9-14H2,1-8H3/b22-19-. The third-order valence-electron chi connectivity index (χ3n) is 7.31. The average Bonchev–Trinajstić information content (AvgIpc) is 2.89. The molecule has 0 aromatic heterocycles. The van der Waals surface area contributed by atoms with Gasteiger partial charge >= 0.3 is 177 Å². The molecule has 4 heteroatoms. The summed E-state index contributed by atoms with van der Waals surface area (Å²) in [6.45, 7) is 18.0. The van der Waals surface area contributed by atoms with Gasteiger partial charge in [0.1, 0.15) is 0 Å². The van der Waals surface area contributed by atoms with Crippen LogP contribution in [0.3, 0.4) is 0 Å². The summed E-state index contributed by atoms with van der Waals surface area (Å²) in [7, 11) is -0.277. The minimum absolute atomic E-state index is 0.277. The summed E-state index contributed by atoms with van der Waals surface area (Å²) in [4.78, 5) is 0. The third-order valence-corrected chi connectivity index (χ3v) is 19.5. The molecule has 1 fully saturated rings. The molecule has 1 aliphatic heterocycles. The van der Waals surface area contributed by atoms with Crippen LogP contribution in [0.15, 0.2) is 28.7 Å². The Morgan fingerprint density at radius 1 is 0.893 bits per heavy atom. The molecule has 1 aliphatic rings. The van der Waals surface area contributed by atoms with Gasteiger partial charge in [-0.15, -0.1) is 0 Å². The Morgan fingerprint density at radius 2 is 1.39 bits per heavy atom. The van der Waals surface area contributed by atoms with Crippen molar-refractivity contribution in [3.05, 3.63) is 34.2 Å². The molecule has 1 aromatic carbocycles. The summed E-state index contributed by atoms with van der Waals surface area (Å²) in [5, 5.41) is 4.19. The van der Waals surface area contributed by atoms with E-state index in [1.54, 1.807) is 4.41 Å². The predicted molar refractivity (Wildman–Crippen MR) is 127 cm³/mol. The van der Waals surface area contributed by atoms with Crippen LogP contribution in [-0.4, -0.2) is 31.6 Å². The van der Waals surface area contributed by atoms with Gasteiger partial charge in [-0.25, -0.2) is 0 Å². The Balaban J connectivity index is 2.27. The molecule has 0 unspecified atom stereocenters. The summed E-state index contributed by atoms with van der Waals surface area (Å²) >= 11 is -1.92. The second kappa shape index (κ2) is 9.53. The van der Waals surface area contributed by atoms with Crippen molar-refractivity contribution in [2.75, 3.05) is 0 Å². The number of hydrogen-bond acceptors (Lipinski definition) is 2. The molecule has 0 bridgehead atoms. The summed E-state index contributed by atoms with van der Waals surface area (Å²) in [5.74, 6) is 0. The summed E-state index contributed by atoms with van der Waals surface area (Å²) < 4.78 is 14.2. The van der Waals surface area contributed by atoms with E-state index in [0.717, 1.165) is 5.46 Å². The van der Waals surface area contributed by atoms with Gasteiger partial charge in [0.25, 0.3) is 0 Å². The van der Waals surface area contributed by atoms with E-state index in [9.17, 15) is 0 Å². The molecular formula is C24H41BGeO2. The molecule has 1 aromatic rings. The SMILES string of the molecule is CCCC/[C](=C/c1ccc(B2OC(C)(C)C(C)(C)O2)cc1)[Ge]([CH2]C)([CH2]C)[CH2]C. The van der Waals surface area contributed by atoms with Gasteiger partial charge < -0.3 is 0 Å². The number of hydrogen-bond donors (Lipinski definition) is 0. The van der Waals surface area contributed by atoms with E-state index in [0.29, 0.717) is 0 Å². The van der Waals surface area contributed by atoms with Crippen molar-refractivity contribution >= 4 is 31.9 Å². The van der Waals surface area contributed by atoms with Crippen LogP contribution in [0, 0.1) is 0 Å². The normalized spacial score (nSPS) is 19.3. The van der Waals surface area contributed by atoms with E-state index in [1.807, 2.05) is 0 Å². The quantitative estimate of drug-likeness (QED) is 0.399. The Hall–Kier alpha value is -0.512. The molecule has 156 valence electrons. The second-order valence-corrected chi connectivity index (χ2v) is 20.5. The van der Waals surface area contributed by atoms with Crippen LogP contribution in [0.2, 0.25) is 15.8 Å². The average molecular weight is 445 g/mol. The van der Waals surface area contributed by atoms with E-state index in [2.05, 4.69) is 85.7 Å².